The highest BCUT2D eigenvalue weighted by Crippen LogP contribution is 2.35. The second kappa shape index (κ2) is 4.44. The molecule has 1 aliphatic heterocycles. The standard InChI is InChI=1S/C12H15BrClN/c1-7-9(11-4-3-5-15-11)6-10(14)8(2)12(7)13/h6,11,15H,3-5H2,1-2H3. The Morgan fingerprint density at radius 2 is 2.13 bits per heavy atom. The van der Waals surface area contributed by atoms with Gasteiger partial charge in [-0.2, -0.15) is 0 Å². The van der Waals surface area contributed by atoms with Crippen LogP contribution in [0, 0.1) is 13.8 Å². The Labute approximate surface area is 104 Å². The average Bonchev–Trinajstić information content (AvgIpc) is 2.73. The van der Waals surface area contributed by atoms with E-state index in [1.165, 1.54) is 24.0 Å². The van der Waals surface area contributed by atoms with Gasteiger partial charge in [0, 0.05) is 15.5 Å². The van der Waals surface area contributed by atoms with Gasteiger partial charge >= 0.3 is 0 Å². The number of halogens is 2. The maximum atomic E-state index is 6.21. The van der Waals surface area contributed by atoms with Crippen LogP contribution in [-0.2, 0) is 0 Å². The van der Waals surface area contributed by atoms with Gasteiger partial charge in [0.05, 0.1) is 0 Å². The third-order valence-corrected chi connectivity index (χ3v) is 4.75. The zero-order chi connectivity index (χ0) is 11.0. The van der Waals surface area contributed by atoms with E-state index in [0.717, 1.165) is 21.6 Å². The van der Waals surface area contributed by atoms with E-state index in [1.807, 2.05) is 6.92 Å². The van der Waals surface area contributed by atoms with Gasteiger partial charge < -0.3 is 5.32 Å². The van der Waals surface area contributed by atoms with Gasteiger partial charge in [-0.1, -0.05) is 27.5 Å². The number of hydrogen-bond donors (Lipinski definition) is 1. The minimum Gasteiger partial charge on any atom is -0.310 e. The van der Waals surface area contributed by atoms with Crippen LogP contribution >= 0.6 is 27.5 Å². The topological polar surface area (TPSA) is 12.0 Å². The molecule has 1 atom stereocenters. The van der Waals surface area contributed by atoms with E-state index in [-0.39, 0.29) is 0 Å². The van der Waals surface area contributed by atoms with Gasteiger partial charge in [-0.15, -0.1) is 0 Å². The van der Waals surface area contributed by atoms with Crippen LogP contribution in [0.4, 0.5) is 0 Å². The van der Waals surface area contributed by atoms with Crippen LogP contribution in [-0.4, -0.2) is 6.54 Å². The number of hydrogen-bond acceptors (Lipinski definition) is 1. The van der Waals surface area contributed by atoms with Gasteiger partial charge in [0.15, 0.2) is 0 Å². The molecule has 0 aromatic heterocycles. The fraction of sp³-hybridized carbons (Fsp3) is 0.500. The largest absolute Gasteiger partial charge is 0.310 e. The van der Waals surface area contributed by atoms with E-state index >= 15 is 0 Å². The minimum absolute atomic E-state index is 0.486. The maximum Gasteiger partial charge on any atom is 0.0449 e. The van der Waals surface area contributed by atoms with Crippen molar-refractivity contribution in [2.24, 2.45) is 0 Å². The van der Waals surface area contributed by atoms with Gasteiger partial charge in [-0.05, 0) is 56.0 Å². The molecule has 1 unspecified atom stereocenters. The minimum atomic E-state index is 0.486. The molecular formula is C12H15BrClN. The van der Waals surface area contributed by atoms with Crippen molar-refractivity contribution in [1.82, 2.24) is 5.32 Å². The van der Waals surface area contributed by atoms with E-state index in [1.54, 1.807) is 0 Å². The molecule has 1 aliphatic rings. The first-order valence-electron chi connectivity index (χ1n) is 5.29. The van der Waals surface area contributed by atoms with Crippen molar-refractivity contribution in [2.45, 2.75) is 32.7 Å². The summed E-state index contributed by atoms with van der Waals surface area (Å²) < 4.78 is 1.15. The number of rotatable bonds is 1. The first kappa shape index (κ1) is 11.4. The molecule has 0 spiro atoms. The Morgan fingerprint density at radius 3 is 2.73 bits per heavy atom. The Bertz CT molecular complexity index is 384. The summed E-state index contributed by atoms with van der Waals surface area (Å²) in [5.41, 5.74) is 3.79. The van der Waals surface area contributed by atoms with Crippen molar-refractivity contribution in [3.8, 4) is 0 Å². The Morgan fingerprint density at radius 1 is 1.40 bits per heavy atom. The van der Waals surface area contributed by atoms with Gasteiger partial charge in [-0.25, -0.2) is 0 Å². The molecule has 2 rings (SSSR count). The third kappa shape index (κ3) is 2.08. The zero-order valence-corrected chi connectivity index (χ0v) is 11.4. The molecule has 1 aromatic carbocycles. The Balaban J connectivity index is 2.47. The number of nitrogens with one attached hydrogen (secondary N) is 1. The van der Waals surface area contributed by atoms with Gasteiger partial charge in [-0.3, -0.25) is 0 Å². The summed E-state index contributed by atoms with van der Waals surface area (Å²) in [6.45, 7) is 5.32. The molecule has 0 aliphatic carbocycles. The highest BCUT2D eigenvalue weighted by Gasteiger charge is 2.20. The van der Waals surface area contributed by atoms with Gasteiger partial charge in [0.25, 0.3) is 0 Å². The highest BCUT2D eigenvalue weighted by atomic mass is 79.9. The summed E-state index contributed by atoms with van der Waals surface area (Å²) in [5.74, 6) is 0. The predicted octanol–water partition coefficient (Wildman–Crippen LogP) is 4.14. The lowest BCUT2D eigenvalue weighted by molar-refractivity contribution is 0.643. The molecule has 1 heterocycles. The summed E-state index contributed by atoms with van der Waals surface area (Å²) in [7, 11) is 0. The first-order valence-corrected chi connectivity index (χ1v) is 6.47. The quantitative estimate of drug-likeness (QED) is 0.819. The summed E-state index contributed by atoms with van der Waals surface area (Å²) in [4.78, 5) is 0. The van der Waals surface area contributed by atoms with Crippen LogP contribution in [0.25, 0.3) is 0 Å². The molecule has 1 aromatic rings. The van der Waals surface area contributed by atoms with Crippen molar-refractivity contribution >= 4 is 27.5 Å². The maximum absolute atomic E-state index is 6.21. The zero-order valence-electron chi connectivity index (χ0n) is 9.03. The monoisotopic (exact) mass is 287 g/mol. The van der Waals surface area contributed by atoms with E-state index in [0.29, 0.717) is 6.04 Å². The lowest BCUT2D eigenvalue weighted by Crippen LogP contribution is -2.14. The molecule has 0 bridgehead atoms. The van der Waals surface area contributed by atoms with Crippen molar-refractivity contribution in [3.63, 3.8) is 0 Å². The third-order valence-electron chi connectivity index (χ3n) is 3.17. The molecule has 1 N–H and O–H groups in total. The molecular weight excluding hydrogens is 273 g/mol. The molecule has 82 valence electrons. The van der Waals surface area contributed by atoms with Gasteiger partial charge in [0.2, 0.25) is 0 Å². The van der Waals surface area contributed by atoms with Crippen molar-refractivity contribution in [2.75, 3.05) is 6.54 Å². The predicted molar refractivity (Wildman–Crippen MR) is 68.6 cm³/mol. The van der Waals surface area contributed by atoms with Crippen molar-refractivity contribution in [1.29, 1.82) is 0 Å². The number of benzene rings is 1. The summed E-state index contributed by atoms with van der Waals surface area (Å²) in [5, 5.41) is 4.37. The SMILES string of the molecule is Cc1c(Cl)cc(C2CCCN2)c(C)c1Br. The molecule has 0 saturated carbocycles. The smallest absolute Gasteiger partial charge is 0.0449 e. The van der Waals surface area contributed by atoms with E-state index in [2.05, 4.69) is 34.2 Å². The van der Waals surface area contributed by atoms with Crippen LogP contribution in [0.5, 0.6) is 0 Å². The van der Waals surface area contributed by atoms with Crippen LogP contribution < -0.4 is 5.32 Å². The summed E-state index contributed by atoms with van der Waals surface area (Å²) in [6.07, 6.45) is 2.47. The first-order chi connectivity index (χ1) is 7.11. The van der Waals surface area contributed by atoms with E-state index < -0.39 is 0 Å². The fourth-order valence-electron chi connectivity index (χ4n) is 2.18. The Kier molecular flexibility index (Phi) is 3.39. The lowest BCUT2D eigenvalue weighted by atomic mass is 9.98. The van der Waals surface area contributed by atoms with Crippen molar-refractivity contribution in [3.05, 3.63) is 32.3 Å². The lowest BCUT2D eigenvalue weighted by Gasteiger charge is -2.17. The molecule has 1 nitrogen and oxygen atoms in total. The molecule has 3 heteroatoms. The van der Waals surface area contributed by atoms with Crippen LogP contribution in [0.2, 0.25) is 5.02 Å². The average molecular weight is 289 g/mol. The van der Waals surface area contributed by atoms with Crippen LogP contribution in [0.15, 0.2) is 10.5 Å². The second-order valence-corrected chi connectivity index (χ2v) is 5.36. The summed E-state index contributed by atoms with van der Waals surface area (Å²) >= 11 is 9.83. The molecule has 1 fully saturated rings. The summed E-state index contributed by atoms with van der Waals surface area (Å²) in [6, 6.07) is 2.60. The van der Waals surface area contributed by atoms with E-state index in [9.17, 15) is 0 Å². The second-order valence-electron chi connectivity index (χ2n) is 4.16. The van der Waals surface area contributed by atoms with Crippen LogP contribution in [0.1, 0.15) is 35.6 Å². The van der Waals surface area contributed by atoms with Crippen molar-refractivity contribution < 1.29 is 0 Å². The highest BCUT2D eigenvalue weighted by molar-refractivity contribution is 9.10. The fourth-order valence-corrected chi connectivity index (χ4v) is 2.95. The Hall–Kier alpha value is -0.0500. The molecule has 0 amide bonds. The van der Waals surface area contributed by atoms with E-state index in [4.69, 9.17) is 11.6 Å². The molecule has 1 saturated heterocycles. The molecule has 15 heavy (non-hydrogen) atoms. The normalized spacial score (nSPS) is 20.9. The van der Waals surface area contributed by atoms with Crippen LogP contribution in [0.3, 0.4) is 0 Å². The molecule has 0 radical (unpaired) electrons. The van der Waals surface area contributed by atoms with Gasteiger partial charge in [0.1, 0.15) is 0 Å².